The molecule has 0 spiro atoms. The van der Waals surface area contributed by atoms with Crippen molar-refractivity contribution in [3.05, 3.63) is 34.4 Å². The average Bonchev–Trinajstić information content (AvgIpc) is 3.16. The molecule has 1 saturated carbocycles. The van der Waals surface area contributed by atoms with Gasteiger partial charge in [0.15, 0.2) is 5.16 Å². The van der Waals surface area contributed by atoms with E-state index in [1.54, 1.807) is 17.7 Å². The molecule has 0 radical (unpaired) electrons. The van der Waals surface area contributed by atoms with Crippen LogP contribution >= 0.6 is 11.8 Å². The highest BCUT2D eigenvalue weighted by Gasteiger charge is 2.28. The van der Waals surface area contributed by atoms with Gasteiger partial charge < -0.3 is 5.11 Å². The Kier molecular flexibility index (Phi) is 3.16. The van der Waals surface area contributed by atoms with Crippen molar-refractivity contribution in [3.8, 4) is 0 Å². The molecule has 2 N–H and O–H groups in total. The Hall–Kier alpha value is -1.60. The maximum atomic E-state index is 11.6. The summed E-state index contributed by atoms with van der Waals surface area (Å²) in [4.78, 5) is 15.9. The van der Waals surface area contributed by atoms with Crippen LogP contribution in [0, 0.1) is 0 Å². The minimum atomic E-state index is -0.526. The molecule has 1 unspecified atom stereocenters. The summed E-state index contributed by atoms with van der Waals surface area (Å²) in [5, 5.41) is 17.3. The summed E-state index contributed by atoms with van der Waals surface area (Å²) in [5.41, 5.74) is 0.608. The fraction of sp³-hybridized carbons (Fsp3) is 0.417. The molecule has 6 nitrogen and oxygen atoms in total. The second-order valence-corrected chi connectivity index (χ2v) is 5.61. The van der Waals surface area contributed by atoms with E-state index < -0.39 is 6.10 Å². The molecule has 0 aliphatic heterocycles. The first-order valence-corrected chi connectivity index (χ1v) is 6.95. The zero-order chi connectivity index (χ0) is 13.4. The van der Waals surface area contributed by atoms with Crippen molar-refractivity contribution in [3.63, 3.8) is 0 Å². The molecule has 100 valence electrons. The first kappa shape index (κ1) is 12.4. The van der Waals surface area contributed by atoms with Crippen molar-refractivity contribution in [1.82, 2.24) is 19.7 Å². The molecule has 19 heavy (non-hydrogen) atoms. The van der Waals surface area contributed by atoms with Crippen LogP contribution in [-0.4, -0.2) is 24.9 Å². The summed E-state index contributed by atoms with van der Waals surface area (Å²) in [6, 6.07) is 3.93. The molecule has 0 aromatic carbocycles. The lowest BCUT2D eigenvalue weighted by atomic mass is 10.2. The molecular weight excluding hydrogens is 264 g/mol. The fourth-order valence-electron chi connectivity index (χ4n) is 1.81. The maximum Gasteiger partial charge on any atom is 0.344 e. The molecule has 1 aliphatic rings. The van der Waals surface area contributed by atoms with Gasteiger partial charge in [0.05, 0.1) is 6.10 Å². The smallest absolute Gasteiger partial charge is 0.344 e. The number of aromatic nitrogens is 4. The van der Waals surface area contributed by atoms with Gasteiger partial charge in [0, 0.05) is 12.2 Å². The number of pyridine rings is 1. The molecule has 1 fully saturated rings. The van der Waals surface area contributed by atoms with E-state index >= 15 is 0 Å². The highest BCUT2D eigenvalue weighted by molar-refractivity contribution is 7.99. The largest absolute Gasteiger partial charge is 0.389 e. The first-order valence-electron chi connectivity index (χ1n) is 6.14. The average molecular weight is 278 g/mol. The van der Waals surface area contributed by atoms with Crippen molar-refractivity contribution < 1.29 is 5.11 Å². The predicted molar refractivity (Wildman–Crippen MR) is 70.1 cm³/mol. The highest BCUT2D eigenvalue weighted by atomic mass is 32.2. The number of aliphatic hydroxyl groups is 1. The highest BCUT2D eigenvalue weighted by Crippen LogP contribution is 2.37. The molecule has 0 amide bonds. The number of nitrogens with one attached hydrogen (secondary N) is 1. The van der Waals surface area contributed by atoms with Gasteiger partial charge in [0.1, 0.15) is 5.03 Å². The van der Waals surface area contributed by atoms with Crippen molar-refractivity contribution in [2.24, 2.45) is 0 Å². The van der Waals surface area contributed by atoms with E-state index in [-0.39, 0.29) is 11.7 Å². The monoisotopic (exact) mass is 278 g/mol. The van der Waals surface area contributed by atoms with E-state index in [1.807, 2.05) is 12.1 Å². The third kappa shape index (κ3) is 2.57. The Balaban J connectivity index is 1.83. The number of aromatic amines is 1. The minimum Gasteiger partial charge on any atom is -0.389 e. The Bertz CT molecular complexity index is 628. The second kappa shape index (κ2) is 4.82. The lowest BCUT2D eigenvalue weighted by Gasteiger charge is -2.05. The van der Waals surface area contributed by atoms with Crippen LogP contribution in [0.3, 0.4) is 0 Å². The number of aliphatic hydroxyl groups excluding tert-OH is 1. The maximum absolute atomic E-state index is 11.6. The summed E-state index contributed by atoms with van der Waals surface area (Å²) in [7, 11) is 0. The molecular formula is C12H14N4O2S. The fourth-order valence-corrected chi connectivity index (χ4v) is 2.66. The van der Waals surface area contributed by atoms with Crippen LogP contribution in [0.4, 0.5) is 0 Å². The van der Waals surface area contributed by atoms with E-state index in [2.05, 4.69) is 15.2 Å². The van der Waals surface area contributed by atoms with Crippen molar-refractivity contribution in [1.29, 1.82) is 0 Å². The van der Waals surface area contributed by atoms with Crippen LogP contribution in [0.15, 0.2) is 33.3 Å². The minimum absolute atomic E-state index is 0.161. The third-order valence-electron chi connectivity index (χ3n) is 3.02. The zero-order valence-electron chi connectivity index (χ0n) is 10.4. The molecule has 1 atom stereocenters. The summed E-state index contributed by atoms with van der Waals surface area (Å²) < 4.78 is 1.69. The quantitative estimate of drug-likeness (QED) is 0.885. The first-order chi connectivity index (χ1) is 9.15. The van der Waals surface area contributed by atoms with Crippen LogP contribution in [0.25, 0.3) is 0 Å². The number of nitrogens with zero attached hydrogens (tertiary/aromatic N) is 3. The van der Waals surface area contributed by atoms with Crippen molar-refractivity contribution in [2.45, 2.75) is 42.1 Å². The second-order valence-electron chi connectivity index (χ2n) is 4.62. The van der Waals surface area contributed by atoms with Gasteiger partial charge in [-0.15, -0.1) is 5.10 Å². The molecule has 0 bridgehead atoms. The SMILES string of the molecule is CC(O)c1ccc(Sc2n[nH]c(=O)n2C2CC2)nc1. The van der Waals surface area contributed by atoms with Gasteiger partial charge in [-0.1, -0.05) is 6.07 Å². The number of H-pyrrole nitrogens is 1. The van der Waals surface area contributed by atoms with Crippen molar-refractivity contribution >= 4 is 11.8 Å². The van der Waals surface area contributed by atoms with E-state index in [0.717, 1.165) is 23.4 Å². The Labute approximate surface area is 113 Å². The van der Waals surface area contributed by atoms with Crippen LogP contribution in [-0.2, 0) is 0 Å². The zero-order valence-corrected chi connectivity index (χ0v) is 11.2. The Morgan fingerprint density at radius 3 is 2.89 bits per heavy atom. The van der Waals surface area contributed by atoms with Gasteiger partial charge in [-0.25, -0.2) is 14.9 Å². The standard InChI is InChI=1S/C12H14N4O2S/c1-7(17)8-2-5-10(13-6-8)19-12-15-14-11(18)16(12)9-3-4-9/h2,5-7,9,17H,3-4H2,1H3,(H,14,18). The summed E-state index contributed by atoms with van der Waals surface area (Å²) in [6.07, 6.45) is 3.17. The van der Waals surface area contributed by atoms with Gasteiger partial charge in [-0.05, 0) is 43.2 Å². The van der Waals surface area contributed by atoms with Crippen LogP contribution in [0.1, 0.15) is 37.5 Å². The van der Waals surface area contributed by atoms with Gasteiger partial charge in [-0.2, -0.15) is 0 Å². The summed E-state index contributed by atoms with van der Waals surface area (Å²) in [5.74, 6) is 0. The molecule has 7 heteroatoms. The van der Waals surface area contributed by atoms with Gasteiger partial charge in [-0.3, -0.25) is 4.57 Å². The van der Waals surface area contributed by atoms with Gasteiger partial charge in [0.25, 0.3) is 0 Å². The normalized spacial score (nSPS) is 16.5. The summed E-state index contributed by atoms with van der Waals surface area (Å²) in [6.45, 7) is 1.70. The molecule has 2 aromatic heterocycles. The molecule has 2 aromatic rings. The van der Waals surface area contributed by atoms with Crippen LogP contribution in [0.2, 0.25) is 0 Å². The van der Waals surface area contributed by atoms with Crippen LogP contribution in [0.5, 0.6) is 0 Å². The molecule has 2 heterocycles. The Morgan fingerprint density at radius 1 is 1.53 bits per heavy atom. The van der Waals surface area contributed by atoms with Crippen LogP contribution < -0.4 is 5.69 Å². The number of hydrogen-bond acceptors (Lipinski definition) is 5. The van der Waals surface area contributed by atoms with E-state index in [4.69, 9.17) is 0 Å². The lowest BCUT2D eigenvalue weighted by molar-refractivity contribution is 0.198. The third-order valence-corrected chi connectivity index (χ3v) is 3.94. The Morgan fingerprint density at radius 2 is 2.32 bits per heavy atom. The predicted octanol–water partition coefficient (Wildman–Crippen LogP) is 1.51. The molecule has 0 saturated heterocycles. The van der Waals surface area contributed by atoms with E-state index in [9.17, 15) is 9.90 Å². The summed E-state index contributed by atoms with van der Waals surface area (Å²) >= 11 is 1.35. The topological polar surface area (TPSA) is 83.8 Å². The lowest BCUT2D eigenvalue weighted by Crippen LogP contribution is -2.16. The van der Waals surface area contributed by atoms with E-state index in [0.29, 0.717) is 5.16 Å². The molecule has 1 aliphatic carbocycles. The van der Waals surface area contributed by atoms with E-state index in [1.165, 1.54) is 11.8 Å². The van der Waals surface area contributed by atoms with Crippen molar-refractivity contribution in [2.75, 3.05) is 0 Å². The van der Waals surface area contributed by atoms with Gasteiger partial charge in [0.2, 0.25) is 0 Å². The van der Waals surface area contributed by atoms with Gasteiger partial charge >= 0.3 is 5.69 Å². The molecule has 3 rings (SSSR count). The number of hydrogen-bond donors (Lipinski definition) is 2. The number of rotatable bonds is 4.